The second-order valence-corrected chi connectivity index (χ2v) is 5.35. The van der Waals surface area contributed by atoms with Crippen LogP contribution in [0.15, 0.2) is 42.7 Å². The van der Waals surface area contributed by atoms with Crippen LogP contribution < -0.4 is 5.32 Å². The van der Waals surface area contributed by atoms with Crippen LogP contribution >= 0.6 is 0 Å². The van der Waals surface area contributed by atoms with E-state index in [-0.39, 0.29) is 5.82 Å². The van der Waals surface area contributed by atoms with Gasteiger partial charge in [-0.25, -0.2) is 4.39 Å². The number of rotatable bonds is 6. The van der Waals surface area contributed by atoms with Crippen LogP contribution in [-0.2, 0) is 13.1 Å². The quantitative estimate of drug-likeness (QED) is 0.842. The Balaban J connectivity index is 1.90. The molecular formula is C16H21FN2. The summed E-state index contributed by atoms with van der Waals surface area (Å²) < 4.78 is 15.2. The average Bonchev–Trinajstić information content (AvgIpc) is 2.76. The Labute approximate surface area is 114 Å². The van der Waals surface area contributed by atoms with Crippen molar-refractivity contribution in [1.29, 1.82) is 0 Å². The van der Waals surface area contributed by atoms with Crippen LogP contribution in [0, 0.1) is 11.7 Å². The van der Waals surface area contributed by atoms with Gasteiger partial charge in [-0.2, -0.15) is 0 Å². The third kappa shape index (κ3) is 4.52. The molecule has 0 fully saturated rings. The molecule has 3 heteroatoms. The Morgan fingerprint density at radius 2 is 2.05 bits per heavy atom. The zero-order valence-corrected chi connectivity index (χ0v) is 11.6. The zero-order chi connectivity index (χ0) is 13.7. The fourth-order valence-electron chi connectivity index (χ4n) is 2.04. The molecule has 2 aromatic rings. The minimum absolute atomic E-state index is 0.177. The van der Waals surface area contributed by atoms with E-state index in [4.69, 9.17) is 0 Å². The van der Waals surface area contributed by atoms with Crippen molar-refractivity contribution < 1.29 is 4.39 Å². The molecule has 0 aliphatic rings. The van der Waals surface area contributed by atoms with E-state index in [0.717, 1.165) is 18.7 Å². The first-order valence-corrected chi connectivity index (χ1v) is 6.73. The van der Waals surface area contributed by atoms with Crippen molar-refractivity contribution in [1.82, 2.24) is 9.88 Å². The predicted molar refractivity (Wildman–Crippen MR) is 76.5 cm³/mol. The smallest absolute Gasteiger partial charge is 0.123 e. The molecule has 0 atom stereocenters. The molecule has 0 amide bonds. The molecule has 0 spiro atoms. The Bertz CT molecular complexity index is 517. The van der Waals surface area contributed by atoms with Gasteiger partial charge in [-0.15, -0.1) is 0 Å². The number of hydrogen-bond acceptors (Lipinski definition) is 1. The van der Waals surface area contributed by atoms with Crippen LogP contribution in [0.1, 0.15) is 25.0 Å². The third-order valence-corrected chi connectivity index (χ3v) is 2.95. The predicted octanol–water partition coefficient (Wildman–Crippen LogP) is 3.42. The van der Waals surface area contributed by atoms with Gasteiger partial charge in [0.1, 0.15) is 5.82 Å². The number of halogens is 1. The summed E-state index contributed by atoms with van der Waals surface area (Å²) in [5, 5.41) is 3.41. The fourth-order valence-corrected chi connectivity index (χ4v) is 2.04. The molecule has 0 radical (unpaired) electrons. The van der Waals surface area contributed by atoms with E-state index in [2.05, 4.69) is 36.0 Å². The summed E-state index contributed by atoms with van der Waals surface area (Å²) >= 11 is 0. The van der Waals surface area contributed by atoms with Gasteiger partial charge in [0.05, 0.1) is 0 Å². The SMILES string of the molecule is CC(C)CNCc1ccn(Cc2cccc(F)c2)c1. The number of hydrogen-bond donors (Lipinski definition) is 1. The van der Waals surface area contributed by atoms with Crippen LogP contribution in [0.25, 0.3) is 0 Å². The van der Waals surface area contributed by atoms with Crippen molar-refractivity contribution in [2.24, 2.45) is 5.92 Å². The van der Waals surface area contributed by atoms with Gasteiger partial charge >= 0.3 is 0 Å². The molecule has 0 aliphatic carbocycles. The average molecular weight is 260 g/mol. The van der Waals surface area contributed by atoms with Gasteiger partial charge < -0.3 is 9.88 Å². The molecule has 0 saturated carbocycles. The van der Waals surface area contributed by atoms with E-state index in [1.165, 1.54) is 11.6 Å². The van der Waals surface area contributed by atoms with Gasteiger partial charge in [0, 0.05) is 25.5 Å². The molecule has 19 heavy (non-hydrogen) atoms. The van der Waals surface area contributed by atoms with Crippen LogP contribution in [0.2, 0.25) is 0 Å². The maximum Gasteiger partial charge on any atom is 0.123 e. The summed E-state index contributed by atoms with van der Waals surface area (Å²) in [6.07, 6.45) is 4.15. The first kappa shape index (κ1) is 13.8. The summed E-state index contributed by atoms with van der Waals surface area (Å²) in [5.41, 5.74) is 2.24. The van der Waals surface area contributed by atoms with Crippen LogP contribution in [0.5, 0.6) is 0 Å². The fraction of sp³-hybridized carbons (Fsp3) is 0.375. The molecule has 0 bridgehead atoms. The Morgan fingerprint density at radius 1 is 1.21 bits per heavy atom. The number of benzene rings is 1. The number of nitrogens with one attached hydrogen (secondary N) is 1. The molecule has 0 unspecified atom stereocenters. The highest BCUT2D eigenvalue weighted by molar-refractivity contribution is 5.18. The molecule has 1 N–H and O–H groups in total. The van der Waals surface area contributed by atoms with Crippen LogP contribution in [0.3, 0.4) is 0 Å². The van der Waals surface area contributed by atoms with Gasteiger partial charge in [0.15, 0.2) is 0 Å². The first-order valence-electron chi connectivity index (χ1n) is 6.73. The Kier molecular flexibility index (Phi) is 4.74. The third-order valence-electron chi connectivity index (χ3n) is 2.95. The van der Waals surface area contributed by atoms with E-state index in [9.17, 15) is 4.39 Å². The van der Waals surface area contributed by atoms with Crippen molar-refractivity contribution in [2.75, 3.05) is 6.54 Å². The lowest BCUT2D eigenvalue weighted by atomic mass is 10.2. The Hall–Kier alpha value is -1.61. The van der Waals surface area contributed by atoms with Crippen LogP contribution in [-0.4, -0.2) is 11.1 Å². The van der Waals surface area contributed by atoms with Gasteiger partial charge in [0.2, 0.25) is 0 Å². The van der Waals surface area contributed by atoms with Crippen LogP contribution in [0.4, 0.5) is 4.39 Å². The molecule has 0 saturated heterocycles. The maximum absolute atomic E-state index is 13.1. The minimum atomic E-state index is -0.177. The molecule has 1 aromatic heterocycles. The molecule has 0 aliphatic heterocycles. The topological polar surface area (TPSA) is 17.0 Å². The molecule has 1 aromatic carbocycles. The monoisotopic (exact) mass is 260 g/mol. The highest BCUT2D eigenvalue weighted by atomic mass is 19.1. The Morgan fingerprint density at radius 3 is 2.79 bits per heavy atom. The largest absolute Gasteiger partial charge is 0.350 e. The summed E-state index contributed by atoms with van der Waals surface area (Å²) in [7, 11) is 0. The second kappa shape index (κ2) is 6.53. The van der Waals surface area contributed by atoms with E-state index in [1.54, 1.807) is 12.1 Å². The summed E-state index contributed by atoms with van der Waals surface area (Å²) in [6, 6.07) is 8.85. The van der Waals surface area contributed by atoms with Gasteiger partial charge in [-0.1, -0.05) is 26.0 Å². The lowest BCUT2D eigenvalue weighted by Gasteiger charge is -2.06. The van der Waals surface area contributed by atoms with E-state index in [1.807, 2.05) is 12.3 Å². The van der Waals surface area contributed by atoms with Crippen molar-refractivity contribution >= 4 is 0 Å². The van der Waals surface area contributed by atoms with E-state index < -0.39 is 0 Å². The van der Waals surface area contributed by atoms with Gasteiger partial charge in [-0.3, -0.25) is 0 Å². The van der Waals surface area contributed by atoms with Crippen molar-refractivity contribution in [3.8, 4) is 0 Å². The maximum atomic E-state index is 13.1. The van der Waals surface area contributed by atoms with Gasteiger partial charge in [0.25, 0.3) is 0 Å². The van der Waals surface area contributed by atoms with E-state index >= 15 is 0 Å². The van der Waals surface area contributed by atoms with E-state index in [0.29, 0.717) is 12.5 Å². The van der Waals surface area contributed by atoms with Crippen molar-refractivity contribution in [3.05, 3.63) is 59.7 Å². The molecular weight excluding hydrogens is 239 g/mol. The summed E-state index contributed by atoms with van der Waals surface area (Å²) in [4.78, 5) is 0. The number of aromatic nitrogens is 1. The normalized spacial score (nSPS) is 11.2. The van der Waals surface area contributed by atoms with Crippen molar-refractivity contribution in [3.63, 3.8) is 0 Å². The molecule has 2 nitrogen and oxygen atoms in total. The zero-order valence-electron chi connectivity index (χ0n) is 11.6. The highest BCUT2D eigenvalue weighted by Gasteiger charge is 2.00. The highest BCUT2D eigenvalue weighted by Crippen LogP contribution is 2.08. The lowest BCUT2D eigenvalue weighted by Crippen LogP contribution is -2.18. The summed E-state index contributed by atoms with van der Waals surface area (Å²) in [5.74, 6) is 0.484. The second-order valence-electron chi connectivity index (χ2n) is 5.35. The standard InChI is InChI=1S/C16H21FN2/c1-13(2)9-18-10-15-6-7-19(12-15)11-14-4-3-5-16(17)8-14/h3-8,12-13,18H,9-11H2,1-2H3. The summed E-state index contributed by atoms with van der Waals surface area (Å²) in [6.45, 7) is 7.01. The lowest BCUT2D eigenvalue weighted by molar-refractivity contribution is 0.552. The molecule has 2 rings (SSSR count). The molecule has 1 heterocycles. The minimum Gasteiger partial charge on any atom is -0.350 e. The molecule has 102 valence electrons. The van der Waals surface area contributed by atoms with Crippen molar-refractivity contribution in [2.45, 2.75) is 26.9 Å². The first-order chi connectivity index (χ1) is 9.13. The van der Waals surface area contributed by atoms with Gasteiger partial charge in [-0.05, 0) is 41.8 Å². The number of nitrogens with zero attached hydrogens (tertiary/aromatic N) is 1.